The standard InChI is InChI=1S/C26H30N2O5/c1-16(2)26(32)28(15-17-8-4-3-5-9-17)20-14-19(25(31)27-12-13-29)22-18-10-6-7-11-21(18)33-24(22)23(20)30/h3-11,14,16,20,22-24,29-30H,12-13,15H2,1-2H3,(H,27,31). The van der Waals surface area contributed by atoms with Gasteiger partial charge in [0.05, 0.1) is 18.6 Å². The van der Waals surface area contributed by atoms with Gasteiger partial charge in [-0.1, -0.05) is 62.4 Å². The number of ether oxygens (including phenoxy) is 1. The minimum Gasteiger partial charge on any atom is -0.486 e. The van der Waals surface area contributed by atoms with Crippen molar-refractivity contribution in [1.82, 2.24) is 10.2 Å². The van der Waals surface area contributed by atoms with Crippen LogP contribution in [0.2, 0.25) is 0 Å². The van der Waals surface area contributed by atoms with Crippen molar-refractivity contribution >= 4 is 11.8 Å². The van der Waals surface area contributed by atoms with Gasteiger partial charge in [0.1, 0.15) is 18.0 Å². The molecule has 1 aliphatic heterocycles. The molecular formula is C26H30N2O5. The zero-order valence-electron chi connectivity index (χ0n) is 18.8. The predicted octanol–water partition coefficient (Wildman–Crippen LogP) is 1.99. The van der Waals surface area contributed by atoms with Crippen LogP contribution in [0.1, 0.15) is 30.9 Å². The molecule has 2 aromatic carbocycles. The lowest BCUT2D eigenvalue weighted by atomic mass is 9.77. The van der Waals surface area contributed by atoms with E-state index in [0.717, 1.165) is 11.1 Å². The Kier molecular flexibility index (Phi) is 6.81. The summed E-state index contributed by atoms with van der Waals surface area (Å²) in [5.41, 5.74) is 2.19. The Morgan fingerprint density at radius 3 is 2.48 bits per heavy atom. The molecule has 0 radical (unpaired) electrons. The van der Waals surface area contributed by atoms with Crippen molar-refractivity contribution in [3.8, 4) is 5.75 Å². The number of aliphatic hydroxyl groups excluding tert-OH is 2. The second-order valence-electron chi connectivity index (χ2n) is 8.79. The Morgan fingerprint density at radius 2 is 1.79 bits per heavy atom. The highest BCUT2D eigenvalue weighted by molar-refractivity contribution is 5.96. The van der Waals surface area contributed by atoms with Crippen molar-refractivity contribution in [2.24, 2.45) is 5.92 Å². The molecule has 0 bridgehead atoms. The largest absolute Gasteiger partial charge is 0.486 e. The third-order valence-corrected chi connectivity index (χ3v) is 6.21. The third kappa shape index (κ3) is 4.51. The molecule has 33 heavy (non-hydrogen) atoms. The molecule has 0 fully saturated rings. The van der Waals surface area contributed by atoms with Crippen molar-refractivity contribution in [2.45, 2.75) is 44.6 Å². The molecule has 0 saturated heterocycles. The molecular weight excluding hydrogens is 420 g/mol. The SMILES string of the molecule is CC(C)C(=O)N(Cc1ccccc1)C1C=C(C(=O)NCCO)C2c3ccccc3OC2C1O. The molecule has 7 heteroatoms. The Morgan fingerprint density at radius 1 is 1.09 bits per heavy atom. The first-order valence-corrected chi connectivity index (χ1v) is 11.3. The summed E-state index contributed by atoms with van der Waals surface area (Å²) < 4.78 is 6.12. The highest BCUT2D eigenvalue weighted by atomic mass is 16.5. The zero-order chi connectivity index (χ0) is 23.5. The first kappa shape index (κ1) is 23.0. The molecule has 7 nitrogen and oxygen atoms in total. The molecule has 0 aromatic heterocycles. The van der Waals surface area contributed by atoms with Crippen LogP contribution in [0.15, 0.2) is 66.2 Å². The van der Waals surface area contributed by atoms with Gasteiger partial charge in [0, 0.05) is 30.1 Å². The van der Waals surface area contributed by atoms with Gasteiger partial charge in [-0.3, -0.25) is 9.59 Å². The summed E-state index contributed by atoms with van der Waals surface area (Å²) in [6, 6.07) is 16.3. The third-order valence-electron chi connectivity index (χ3n) is 6.21. The smallest absolute Gasteiger partial charge is 0.247 e. The van der Waals surface area contributed by atoms with E-state index in [4.69, 9.17) is 4.74 Å². The number of hydrogen-bond acceptors (Lipinski definition) is 5. The minimum absolute atomic E-state index is 0.113. The van der Waals surface area contributed by atoms with Crippen molar-refractivity contribution < 1.29 is 24.5 Å². The quantitative estimate of drug-likeness (QED) is 0.599. The number of nitrogens with one attached hydrogen (secondary N) is 1. The minimum atomic E-state index is -1.02. The summed E-state index contributed by atoms with van der Waals surface area (Å²) in [5.74, 6) is -0.590. The molecule has 4 unspecified atom stereocenters. The van der Waals surface area contributed by atoms with Gasteiger partial charge in [0.15, 0.2) is 0 Å². The second kappa shape index (κ2) is 9.77. The summed E-state index contributed by atoms with van der Waals surface area (Å²) in [7, 11) is 0. The monoisotopic (exact) mass is 450 g/mol. The maximum Gasteiger partial charge on any atom is 0.247 e. The lowest BCUT2D eigenvalue weighted by Crippen LogP contribution is -2.56. The van der Waals surface area contributed by atoms with Gasteiger partial charge >= 0.3 is 0 Å². The van der Waals surface area contributed by atoms with Gasteiger partial charge in [0.25, 0.3) is 0 Å². The topological polar surface area (TPSA) is 99.1 Å². The predicted molar refractivity (Wildman–Crippen MR) is 123 cm³/mol. The molecule has 2 aliphatic rings. The summed E-state index contributed by atoms with van der Waals surface area (Å²) in [6.45, 7) is 3.86. The maximum atomic E-state index is 13.3. The molecule has 0 spiro atoms. The fourth-order valence-corrected chi connectivity index (χ4v) is 4.63. The molecule has 1 heterocycles. The molecule has 3 N–H and O–H groups in total. The number of para-hydroxylation sites is 1. The van der Waals surface area contributed by atoms with Gasteiger partial charge in [-0.2, -0.15) is 0 Å². The number of benzene rings is 2. The van der Waals surface area contributed by atoms with Crippen molar-refractivity contribution in [3.05, 3.63) is 77.4 Å². The van der Waals surface area contributed by atoms with E-state index in [1.54, 1.807) is 11.0 Å². The van der Waals surface area contributed by atoms with E-state index in [0.29, 0.717) is 17.9 Å². The average molecular weight is 451 g/mol. The summed E-state index contributed by atoms with van der Waals surface area (Å²) in [5, 5.41) is 23.3. The number of amides is 2. The molecule has 4 atom stereocenters. The first-order chi connectivity index (χ1) is 15.9. The van der Waals surface area contributed by atoms with E-state index in [1.807, 2.05) is 68.4 Å². The Bertz CT molecular complexity index is 1040. The van der Waals surface area contributed by atoms with Crippen molar-refractivity contribution in [3.63, 3.8) is 0 Å². The Balaban J connectivity index is 1.77. The summed E-state index contributed by atoms with van der Waals surface area (Å²) in [4.78, 5) is 28.0. The van der Waals surface area contributed by atoms with Crippen LogP contribution in [0.5, 0.6) is 5.75 Å². The lowest BCUT2D eigenvalue weighted by molar-refractivity contribution is -0.141. The maximum absolute atomic E-state index is 13.3. The van der Waals surface area contributed by atoms with E-state index in [2.05, 4.69) is 5.32 Å². The molecule has 2 aromatic rings. The van der Waals surface area contributed by atoms with Gasteiger partial charge < -0.3 is 25.2 Å². The summed E-state index contributed by atoms with van der Waals surface area (Å²) >= 11 is 0. The normalized spacial score (nSPS) is 23.2. The highest BCUT2D eigenvalue weighted by Gasteiger charge is 2.50. The summed E-state index contributed by atoms with van der Waals surface area (Å²) in [6.07, 6.45) is -0.0264. The molecule has 4 rings (SSSR count). The number of rotatable bonds is 7. The van der Waals surface area contributed by atoms with Crippen LogP contribution in [-0.2, 0) is 16.1 Å². The van der Waals surface area contributed by atoms with E-state index in [1.165, 1.54) is 0 Å². The van der Waals surface area contributed by atoms with Crippen LogP contribution in [0.3, 0.4) is 0 Å². The number of fused-ring (bicyclic) bond motifs is 3. The molecule has 174 valence electrons. The van der Waals surface area contributed by atoms with Crippen LogP contribution in [0, 0.1) is 5.92 Å². The Labute approximate surface area is 193 Å². The van der Waals surface area contributed by atoms with E-state index < -0.39 is 24.2 Å². The number of aliphatic hydroxyl groups is 2. The number of carbonyl (C=O) groups excluding carboxylic acids is 2. The zero-order valence-corrected chi connectivity index (χ0v) is 18.8. The van der Waals surface area contributed by atoms with Crippen LogP contribution < -0.4 is 10.1 Å². The first-order valence-electron chi connectivity index (χ1n) is 11.3. The van der Waals surface area contributed by atoms with Crippen molar-refractivity contribution in [2.75, 3.05) is 13.2 Å². The Hall–Kier alpha value is -3.16. The van der Waals surface area contributed by atoms with Crippen molar-refractivity contribution in [1.29, 1.82) is 0 Å². The van der Waals surface area contributed by atoms with Crippen LogP contribution in [0.4, 0.5) is 0 Å². The average Bonchev–Trinajstić information content (AvgIpc) is 3.22. The number of hydrogen-bond donors (Lipinski definition) is 3. The van der Waals surface area contributed by atoms with E-state index in [9.17, 15) is 19.8 Å². The van der Waals surface area contributed by atoms with Crippen LogP contribution in [-0.4, -0.2) is 58.3 Å². The molecule has 0 saturated carbocycles. The van der Waals surface area contributed by atoms with Gasteiger partial charge in [-0.15, -0.1) is 0 Å². The number of nitrogens with zero attached hydrogens (tertiary/aromatic N) is 1. The lowest BCUT2D eigenvalue weighted by Gasteiger charge is -2.41. The fourth-order valence-electron chi connectivity index (χ4n) is 4.63. The number of carbonyl (C=O) groups is 2. The van der Waals surface area contributed by atoms with Gasteiger partial charge in [0.2, 0.25) is 11.8 Å². The highest BCUT2D eigenvalue weighted by Crippen LogP contribution is 2.47. The second-order valence-corrected chi connectivity index (χ2v) is 8.79. The van der Waals surface area contributed by atoms with Gasteiger partial charge in [-0.05, 0) is 17.7 Å². The van der Waals surface area contributed by atoms with Crippen LogP contribution >= 0.6 is 0 Å². The van der Waals surface area contributed by atoms with E-state index >= 15 is 0 Å². The molecule has 2 amide bonds. The molecule has 1 aliphatic carbocycles. The fraction of sp³-hybridized carbons (Fsp3) is 0.385. The van der Waals surface area contributed by atoms with Crippen LogP contribution in [0.25, 0.3) is 0 Å². The van der Waals surface area contributed by atoms with Gasteiger partial charge in [-0.25, -0.2) is 0 Å². The van der Waals surface area contributed by atoms with E-state index in [-0.39, 0.29) is 30.9 Å².